The summed E-state index contributed by atoms with van der Waals surface area (Å²) in [5, 5.41) is 0. The summed E-state index contributed by atoms with van der Waals surface area (Å²) in [7, 11) is 0. The average Bonchev–Trinajstić information content (AvgIpc) is 2.03. The van der Waals surface area contributed by atoms with Gasteiger partial charge in [-0.15, -0.1) is 0 Å². The Balaban J connectivity index is 2.08. The largest absolute Gasteiger partial charge is 0.324 e. The topological polar surface area (TPSA) is 26.0 Å². The van der Waals surface area contributed by atoms with E-state index in [1.165, 1.54) is 24.8 Å². The van der Waals surface area contributed by atoms with Crippen LogP contribution in [0.15, 0.2) is 24.3 Å². The molecule has 0 saturated heterocycles. The fraction of sp³-hybridized carbons (Fsp3) is 0.455. The van der Waals surface area contributed by atoms with Gasteiger partial charge in [0.05, 0.1) is 0 Å². The predicted molar refractivity (Wildman–Crippen MR) is 49.5 cm³/mol. The third-order valence-electron chi connectivity index (χ3n) is 2.77. The Hall–Kier alpha value is -0.820. The van der Waals surface area contributed by atoms with Crippen molar-refractivity contribution in [2.75, 3.05) is 0 Å². The number of hydrogen-bond donors (Lipinski definition) is 1. The second-order valence-corrected chi connectivity index (χ2v) is 3.55. The van der Waals surface area contributed by atoms with E-state index in [1.54, 1.807) is 0 Å². The second kappa shape index (κ2) is 3.28. The molecule has 0 bridgehead atoms. The minimum Gasteiger partial charge on any atom is -0.324 e. The van der Waals surface area contributed by atoms with Gasteiger partial charge in [-0.2, -0.15) is 0 Å². The fourth-order valence-electron chi connectivity index (χ4n) is 1.69. The highest BCUT2D eigenvalue weighted by molar-refractivity contribution is 5.18. The molecule has 1 saturated carbocycles. The van der Waals surface area contributed by atoms with E-state index in [0.717, 1.165) is 5.92 Å². The van der Waals surface area contributed by atoms with Crippen molar-refractivity contribution >= 4 is 0 Å². The number of benzene rings is 1. The molecule has 0 aliphatic heterocycles. The molecule has 1 aliphatic rings. The third-order valence-corrected chi connectivity index (χ3v) is 2.77. The molecule has 2 N–H and O–H groups in total. The summed E-state index contributed by atoms with van der Waals surface area (Å²) in [5.74, 6) is 0.723. The molecule has 1 aromatic carbocycles. The zero-order valence-electron chi connectivity index (χ0n) is 7.16. The molecule has 0 heterocycles. The summed E-state index contributed by atoms with van der Waals surface area (Å²) in [6, 6.07) is 11.3. The molecule has 1 aliphatic carbocycles. The van der Waals surface area contributed by atoms with Crippen LogP contribution < -0.4 is 5.73 Å². The predicted octanol–water partition coefficient (Wildman–Crippen LogP) is 2.29. The molecule has 0 aromatic heterocycles. The molecule has 1 heteroatoms. The first-order chi connectivity index (χ1) is 5.88. The Morgan fingerprint density at radius 3 is 2.83 bits per heavy atom. The van der Waals surface area contributed by atoms with Crippen molar-refractivity contribution in [3.05, 3.63) is 35.9 Å². The SMILES string of the molecule is NC(c1c[c]ccc1)C1CCC1. The van der Waals surface area contributed by atoms with Crippen molar-refractivity contribution < 1.29 is 0 Å². The molecule has 2 rings (SSSR count). The van der Waals surface area contributed by atoms with E-state index >= 15 is 0 Å². The summed E-state index contributed by atoms with van der Waals surface area (Å²) < 4.78 is 0. The fourth-order valence-corrected chi connectivity index (χ4v) is 1.69. The van der Waals surface area contributed by atoms with E-state index in [0.29, 0.717) is 0 Å². The third kappa shape index (κ3) is 1.37. The van der Waals surface area contributed by atoms with Crippen molar-refractivity contribution in [2.24, 2.45) is 11.7 Å². The van der Waals surface area contributed by atoms with Crippen molar-refractivity contribution in [1.29, 1.82) is 0 Å². The van der Waals surface area contributed by atoms with Crippen LogP contribution in [0.5, 0.6) is 0 Å². The van der Waals surface area contributed by atoms with E-state index in [4.69, 9.17) is 5.73 Å². The Bertz CT molecular complexity index is 238. The van der Waals surface area contributed by atoms with E-state index in [1.807, 2.05) is 18.2 Å². The van der Waals surface area contributed by atoms with Gasteiger partial charge in [-0.3, -0.25) is 0 Å². The van der Waals surface area contributed by atoms with E-state index in [-0.39, 0.29) is 6.04 Å². The normalized spacial score (nSPS) is 20.1. The lowest BCUT2D eigenvalue weighted by atomic mass is 9.78. The maximum absolute atomic E-state index is 6.08. The molecule has 1 fully saturated rings. The molecule has 0 amide bonds. The molecule has 63 valence electrons. The van der Waals surface area contributed by atoms with Gasteiger partial charge in [-0.05, 0) is 36.5 Å². The first-order valence-corrected chi connectivity index (χ1v) is 4.59. The quantitative estimate of drug-likeness (QED) is 0.705. The molecule has 1 aromatic rings. The van der Waals surface area contributed by atoms with Gasteiger partial charge < -0.3 is 5.73 Å². The highest BCUT2D eigenvalue weighted by Gasteiger charge is 2.24. The lowest BCUT2D eigenvalue weighted by molar-refractivity contribution is 0.264. The van der Waals surface area contributed by atoms with E-state index < -0.39 is 0 Å². The zero-order chi connectivity index (χ0) is 8.39. The first kappa shape index (κ1) is 7.81. The average molecular weight is 160 g/mol. The van der Waals surface area contributed by atoms with E-state index in [2.05, 4.69) is 12.1 Å². The monoisotopic (exact) mass is 160 g/mol. The standard InChI is InChI=1S/C11H14N/c12-11(10-7-4-8-10)9-5-2-1-3-6-9/h1-2,5-6,10-11H,4,7-8,12H2. The molecule has 1 atom stereocenters. The van der Waals surface area contributed by atoms with Gasteiger partial charge in [0.15, 0.2) is 0 Å². The van der Waals surface area contributed by atoms with Crippen LogP contribution in [0.1, 0.15) is 30.9 Å². The van der Waals surface area contributed by atoms with Crippen LogP contribution in [-0.4, -0.2) is 0 Å². The number of hydrogen-bond acceptors (Lipinski definition) is 1. The Kier molecular flexibility index (Phi) is 2.13. The summed E-state index contributed by atoms with van der Waals surface area (Å²) in [6.45, 7) is 0. The van der Waals surface area contributed by atoms with Crippen molar-refractivity contribution in [2.45, 2.75) is 25.3 Å². The van der Waals surface area contributed by atoms with Gasteiger partial charge in [0.2, 0.25) is 0 Å². The zero-order valence-corrected chi connectivity index (χ0v) is 7.16. The minimum atomic E-state index is 0.246. The summed E-state index contributed by atoms with van der Waals surface area (Å²) in [6.07, 6.45) is 3.96. The lowest BCUT2D eigenvalue weighted by Gasteiger charge is -2.31. The van der Waals surface area contributed by atoms with Gasteiger partial charge in [0, 0.05) is 6.04 Å². The van der Waals surface area contributed by atoms with Gasteiger partial charge in [0.1, 0.15) is 0 Å². The van der Waals surface area contributed by atoms with Crippen molar-refractivity contribution in [1.82, 2.24) is 0 Å². The van der Waals surface area contributed by atoms with Crippen LogP contribution in [0.3, 0.4) is 0 Å². The maximum atomic E-state index is 6.08. The number of rotatable bonds is 2. The highest BCUT2D eigenvalue weighted by Crippen LogP contribution is 2.35. The molecule has 1 nitrogen and oxygen atoms in total. The van der Waals surface area contributed by atoms with Crippen molar-refractivity contribution in [3.63, 3.8) is 0 Å². The van der Waals surface area contributed by atoms with Crippen LogP contribution in [-0.2, 0) is 0 Å². The smallest absolute Gasteiger partial charge is 0.0323 e. The number of nitrogens with two attached hydrogens (primary N) is 1. The highest BCUT2D eigenvalue weighted by atomic mass is 14.7. The van der Waals surface area contributed by atoms with Crippen LogP contribution in [0.4, 0.5) is 0 Å². The van der Waals surface area contributed by atoms with E-state index in [9.17, 15) is 0 Å². The minimum absolute atomic E-state index is 0.246. The first-order valence-electron chi connectivity index (χ1n) is 4.59. The Labute approximate surface area is 73.6 Å². The van der Waals surface area contributed by atoms with Crippen LogP contribution in [0.2, 0.25) is 0 Å². The molecular formula is C11H14N. The van der Waals surface area contributed by atoms with Crippen molar-refractivity contribution in [3.8, 4) is 0 Å². The molecule has 0 spiro atoms. The summed E-state index contributed by atoms with van der Waals surface area (Å²) >= 11 is 0. The Morgan fingerprint density at radius 2 is 2.33 bits per heavy atom. The van der Waals surface area contributed by atoms with Gasteiger partial charge in [-0.1, -0.05) is 24.6 Å². The molecule has 1 unspecified atom stereocenters. The van der Waals surface area contributed by atoms with Gasteiger partial charge in [0.25, 0.3) is 0 Å². The Morgan fingerprint density at radius 1 is 1.50 bits per heavy atom. The van der Waals surface area contributed by atoms with Gasteiger partial charge in [-0.25, -0.2) is 0 Å². The second-order valence-electron chi connectivity index (χ2n) is 3.55. The van der Waals surface area contributed by atoms with Crippen LogP contribution >= 0.6 is 0 Å². The molecule has 12 heavy (non-hydrogen) atoms. The lowest BCUT2D eigenvalue weighted by Crippen LogP contribution is -2.26. The summed E-state index contributed by atoms with van der Waals surface area (Å²) in [4.78, 5) is 0. The maximum Gasteiger partial charge on any atom is 0.0323 e. The summed E-state index contributed by atoms with van der Waals surface area (Å²) in [5.41, 5.74) is 7.32. The molecular weight excluding hydrogens is 146 g/mol. The van der Waals surface area contributed by atoms with Crippen LogP contribution in [0.25, 0.3) is 0 Å². The molecule has 1 radical (unpaired) electrons. The van der Waals surface area contributed by atoms with Gasteiger partial charge >= 0.3 is 0 Å². The van der Waals surface area contributed by atoms with Crippen LogP contribution in [0, 0.1) is 12.0 Å².